The van der Waals surface area contributed by atoms with E-state index in [1.54, 1.807) is 0 Å². The molecule has 4 aliphatic rings. The van der Waals surface area contributed by atoms with Crippen LogP contribution in [0.1, 0.15) is 59.8 Å². The Labute approximate surface area is 156 Å². The Kier molecular flexibility index (Phi) is 4.11. The van der Waals surface area contributed by atoms with Crippen LogP contribution in [0.25, 0.3) is 0 Å². The molecule has 7 unspecified atom stereocenters. The molecule has 0 aromatic rings. The average Bonchev–Trinajstić information content (AvgIpc) is 3.14. The summed E-state index contributed by atoms with van der Waals surface area (Å²) in [4.78, 5) is 17.5. The number of hydrogen-bond donors (Lipinski definition) is 1. The van der Waals surface area contributed by atoms with Gasteiger partial charge in [0.15, 0.2) is 0 Å². The summed E-state index contributed by atoms with van der Waals surface area (Å²) in [7, 11) is 1.46. The van der Waals surface area contributed by atoms with E-state index in [1.807, 2.05) is 6.92 Å². The van der Waals surface area contributed by atoms with Crippen molar-refractivity contribution in [2.75, 3.05) is 7.11 Å². The van der Waals surface area contributed by atoms with Crippen LogP contribution in [0.3, 0.4) is 0 Å². The molecule has 7 atom stereocenters. The number of allylic oxidation sites excluding steroid dienone is 1. The average molecular weight is 364 g/mol. The van der Waals surface area contributed by atoms with Crippen LogP contribution in [0.2, 0.25) is 0 Å². The van der Waals surface area contributed by atoms with Gasteiger partial charge in [0.2, 0.25) is 0 Å². The normalized spacial score (nSPS) is 49.6. The third-order valence-electron chi connectivity index (χ3n) is 8.27. The summed E-state index contributed by atoms with van der Waals surface area (Å²) in [6.07, 6.45) is 6.83. The van der Waals surface area contributed by atoms with Crippen molar-refractivity contribution in [2.45, 2.75) is 77.1 Å². The summed E-state index contributed by atoms with van der Waals surface area (Å²) < 4.78 is 11.1. The van der Waals surface area contributed by atoms with Gasteiger partial charge in [0.25, 0.3) is 0 Å². The molecule has 1 saturated heterocycles. The highest BCUT2D eigenvalue weighted by atomic mass is 17.1. The van der Waals surface area contributed by atoms with Gasteiger partial charge >= 0.3 is 5.97 Å². The standard InChI is InChI=1S/C21H32O5/c1-12(2)21-9-8-19(3,26-23)17(21)14-11-20(4)16(25-20)7-6-13(10-15(14)21)18(22)24-5/h10,12,14-17,23H,6-9,11H2,1-5H3. The molecule has 0 bridgehead atoms. The van der Waals surface area contributed by atoms with Crippen molar-refractivity contribution in [3.05, 3.63) is 11.6 Å². The van der Waals surface area contributed by atoms with Gasteiger partial charge in [-0.3, -0.25) is 5.26 Å². The number of epoxide rings is 1. The van der Waals surface area contributed by atoms with Gasteiger partial charge in [-0.15, -0.1) is 0 Å². The number of carbonyl (C=O) groups is 1. The minimum atomic E-state index is -0.514. The predicted octanol–water partition coefficient (Wildman–Crippen LogP) is 3.97. The van der Waals surface area contributed by atoms with Crippen LogP contribution in [0.15, 0.2) is 11.6 Å². The van der Waals surface area contributed by atoms with E-state index < -0.39 is 5.60 Å². The van der Waals surface area contributed by atoms with Crippen LogP contribution in [0, 0.1) is 29.1 Å². The fourth-order valence-corrected chi connectivity index (χ4v) is 6.91. The lowest BCUT2D eigenvalue weighted by Gasteiger charge is -2.63. The Morgan fingerprint density at radius 2 is 2.08 bits per heavy atom. The molecule has 4 rings (SSSR count). The monoisotopic (exact) mass is 364 g/mol. The molecule has 3 aliphatic carbocycles. The molecule has 5 heteroatoms. The third-order valence-corrected chi connectivity index (χ3v) is 8.27. The fourth-order valence-electron chi connectivity index (χ4n) is 6.91. The van der Waals surface area contributed by atoms with Gasteiger partial charge in [-0.25, -0.2) is 9.68 Å². The Morgan fingerprint density at radius 1 is 1.35 bits per heavy atom. The molecule has 26 heavy (non-hydrogen) atoms. The second kappa shape index (κ2) is 5.79. The molecule has 0 radical (unpaired) electrons. The zero-order chi connectivity index (χ0) is 18.9. The largest absolute Gasteiger partial charge is 0.466 e. The number of fused-ring (bicyclic) bond motifs is 5. The van der Waals surface area contributed by atoms with E-state index >= 15 is 0 Å². The molecule has 5 nitrogen and oxygen atoms in total. The first-order valence-electron chi connectivity index (χ1n) is 10.0. The van der Waals surface area contributed by atoms with E-state index in [9.17, 15) is 10.1 Å². The number of esters is 1. The lowest BCUT2D eigenvalue weighted by atomic mass is 9.41. The van der Waals surface area contributed by atoms with E-state index in [2.05, 4.69) is 26.8 Å². The van der Waals surface area contributed by atoms with Crippen molar-refractivity contribution in [1.29, 1.82) is 0 Å². The van der Waals surface area contributed by atoms with E-state index in [-0.39, 0.29) is 29.0 Å². The minimum Gasteiger partial charge on any atom is -0.466 e. The van der Waals surface area contributed by atoms with Crippen molar-refractivity contribution < 1.29 is 24.4 Å². The molecule has 2 saturated carbocycles. The summed E-state index contributed by atoms with van der Waals surface area (Å²) in [6, 6.07) is 0. The predicted molar refractivity (Wildman–Crippen MR) is 96.3 cm³/mol. The molecular formula is C21H32O5. The first-order valence-corrected chi connectivity index (χ1v) is 10.0. The van der Waals surface area contributed by atoms with Gasteiger partial charge in [0.05, 0.1) is 18.8 Å². The maximum atomic E-state index is 12.4. The first-order chi connectivity index (χ1) is 12.2. The topological polar surface area (TPSA) is 68.3 Å². The lowest BCUT2D eigenvalue weighted by molar-refractivity contribution is -0.351. The van der Waals surface area contributed by atoms with Gasteiger partial charge in [-0.05, 0) is 69.1 Å². The van der Waals surface area contributed by atoms with Gasteiger partial charge < -0.3 is 9.47 Å². The van der Waals surface area contributed by atoms with Crippen molar-refractivity contribution in [2.24, 2.45) is 29.1 Å². The summed E-state index contributed by atoms with van der Waals surface area (Å²) >= 11 is 0. The van der Waals surface area contributed by atoms with Gasteiger partial charge in [0, 0.05) is 11.5 Å². The Morgan fingerprint density at radius 3 is 2.69 bits per heavy atom. The minimum absolute atomic E-state index is 0.0620. The maximum absolute atomic E-state index is 12.4. The highest BCUT2D eigenvalue weighted by molar-refractivity contribution is 5.88. The van der Waals surface area contributed by atoms with Gasteiger partial charge in [-0.1, -0.05) is 19.9 Å². The second-order valence-corrected chi connectivity index (χ2v) is 9.68. The molecule has 0 amide bonds. The molecule has 3 fully saturated rings. The van der Waals surface area contributed by atoms with Gasteiger partial charge in [0.1, 0.15) is 5.60 Å². The number of methoxy groups -OCH3 is 1. The van der Waals surface area contributed by atoms with Gasteiger partial charge in [-0.2, -0.15) is 0 Å². The number of hydrogen-bond acceptors (Lipinski definition) is 5. The quantitative estimate of drug-likeness (QED) is 0.355. The van der Waals surface area contributed by atoms with Crippen LogP contribution in [-0.4, -0.2) is 35.6 Å². The number of ether oxygens (including phenoxy) is 2. The highest BCUT2D eigenvalue weighted by Crippen LogP contribution is 2.74. The van der Waals surface area contributed by atoms with E-state index in [0.29, 0.717) is 24.2 Å². The zero-order valence-electron chi connectivity index (χ0n) is 16.6. The van der Waals surface area contributed by atoms with E-state index in [4.69, 9.17) is 14.4 Å². The molecule has 0 aromatic carbocycles. The molecule has 0 aromatic heterocycles. The molecule has 146 valence electrons. The smallest absolute Gasteiger partial charge is 0.333 e. The van der Waals surface area contributed by atoms with Crippen LogP contribution < -0.4 is 0 Å². The fraction of sp³-hybridized carbons (Fsp3) is 0.857. The summed E-state index contributed by atoms with van der Waals surface area (Å²) in [5, 5.41) is 9.71. The summed E-state index contributed by atoms with van der Waals surface area (Å²) in [6.45, 7) is 8.77. The van der Waals surface area contributed by atoms with Crippen LogP contribution in [0.4, 0.5) is 0 Å². The first kappa shape index (κ1) is 18.5. The number of carbonyl (C=O) groups excluding carboxylic acids is 1. The second-order valence-electron chi connectivity index (χ2n) is 9.68. The lowest BCUT2D eigenvalue weighted by Crippen LogP contribution is -2.62. The molecule has 1 N–H and O–H groups in total. The maximum Gasteiger partial charge on any atom is 0.333 e. The van der Waals surface area contributed by atoms with Crippen molar-refractivity contribution >= 4 is 5.97 Å². The summed E-state index contributed by atoms with van der Waals surface area (Å²) in [5.74, 6) is 1.17. The third kappa shape index (κ3) is 2.29. The van der Waals surface area contributed by atoms with E-state index in [0.717, 1.165) is 31.3 Å². The molecule has 1 aliphatic heterocycles. The molecule has 1 heterocycles. The Hall–Kier alpha value is -0.910. The van der Waals surface area contributed by atoms with Crippen molar-refractivity contribution in [3.8, 4) is 0 Å². The Balaban J connectivity index is 1.78. The SMILES string of the molecule is COC(=O)C1=CC2C(CC3(C)OC3CC1)C1C(C)(OO)CCC21C(C)C. The van der Waals surface area contributed by atoms with E-state index in [1.165, 1.54) is 7.11 Å². The van der Waals surface area contributed by atoms with Crippen molar-refractivity contribution in [1.82, 2.24) is 0 Å². The van der Waals surface area contributed by atoms with Crippen LogP contribution in [-0.2, 0) is 19.2 Å². The summed E-state index contributed by atoms with van der Waals surface area (Å²) in [5.41, 5.74) is 0.232. The Bertz CT molecular complexity index is 642. The van der Waals surface area contributed by atoms with Crippen LogP contribution in [0.5, 0.6) is 0 Å². The number of rotatable bonds is 3. The molecule has 0 spiro atoms. The van der Waals surface area contributed by atoms with Crippen LogP contribution >= 0.6 is 0 Å². The molecular weight excluding hydrogens is 332 g/mol. The van der Waals surface area contributed by atoms with Crippen molar-refractivity contribution in [3.63, 3.8) is 0 Å². The zero-order valence-corrected chi connectivity index (χ0v) is 16.6. The highest BCUT2D eigenvalue weighted by Gasteiger charge is 2.73.